The van der Waals surface area contributed by atoms with Gasteiger partial charge in [-0.25, -0.2) is 4.98 Å². The van der Waals surface area contributed by atoms with E-state index in [1.165, 1.54) is 0 Å². The van der Waals surface area contributed by atoms with Crippen LogP contribution >= 0.6 is 0 Å². The average Bonchev–Trinajstić information content (AvgIpc) is 2.61. The molecular formula is C19H14N4O. The van der Waals surface area contributed by atoms with Crippen molar-refractivity contribution in [3.8, 4) is 11.8 Å². The van der Waals surface area contributed by atoms with Gasteiger partial charge in [0.1, 0.15) is 17.2 Å². The quantitative estimate of drug-likeness (QED) is 0.745. The first kappa shape index (κ1) is 14.2. The van der Waals surface area contributed by atoms with Crippen LogP contribution in [0.2, 0.25) is 0 Å². The molecule has 0 saturated heterocycles. The number of allylic oxidation sites excluding steroid dienone is 1. The van der Waals surface area contributed by atoms with Crippen molar-refractivity contribution in [3.63, 3.8) is 0 Å². The van der Waals surface area contributed by atoms with E-state index < -0.39 is 0 Å². The minimum absolute atomic E-state index is 0.120. The van der Waals surface area contributed by atoms with E-state index in [-0.39, 0.29) is 11.8 Å². The van der Waals surface area contributed by atoms with E-state index in [4.69, 9.17) is 10.5 Å². The minimum Gasteiger partial charge on any atom is -0.438 e. The smallest absolute Gasteiger partial charge is 0.205 e. The first-order chi connectivity index (χ1) is 11.7. The molecule has 0 spiro atoms. The van der Waals surface area contributed by atoms with Crippen molar-refractivity contribution in [1.82, 2.24) is 9.97 Å². The molecule has 2 N–H and O–H groups in total. The SMILES string of the molecule is Cc1ccc2ccc3c(c2n1)OC(N)=C(C#N)C3c1cccnc1. The fourth-order valence-corrected chi connectivity index (χ4v) is 3.09. The molecule has 0 amide bonds. The lowest BCUT2D eigenvalue weighted by Gasteiger charge is -2.26. The predicted molar refractivity (Wildman–Crippen MR) is 90.0 cm³/mol. The number of hydrogen-bond acceptors (Lipinski definition) is 5. The summed E-state index contributed by atoms with van der Waals surface area (Å²) in [7, 11) is 0. The van der Waals surface area contributed by atoms with Crippen molar-refractivity contribution < 1.29 is 4.74 Å². The Bertz CT molecular complexity index is 1020. The van der Waals surface area contributed by atoms with Gasteiger partial charge in [-0.3, -0.25) is 4.98 Å². The molecule has 1 aliphatic heterocycles. The van der Waals surface area contributed by atoms with E-state index in [1.807, 2.05) is 43.3 Å². The second-order valence-electron chi connectivity index (χ2n) is 5.72. The van der Waals surface area contributed by atoms with Gasteiger partial charge in [0, 0.05) is 29.0 Å². The second-order valence-corrected chi connectivity index (χ2v) is 5.72. The van der Waals surface area contributed by atoms with Crippen molar-refractivity contribution in [2.75, 3.05) is 0 Å². The summed E-state index contributed by atoms with van der Waals surface area (Å²) in [6.07, 6.45) is 3.45. The third-order valence-electron chi connectivity index (χ3n) is 4.20. The van der Waals surface area contributed by atoms with Crippen LogP contribution < -0.4 is 10.5 Å². The molecule has 1 unspecified atom stereocenters. The van der Waals surface area contributed by atoms with Gasteiger partial charge in [-0.2, -0.15) is 5.26 Å². The maximum atomic E-state index is 9.57. The number of nitrogens with two attached hydrogens (primary N) is 1. The van der Waals surface area contributed by atoms with Crippen molar-refractivity contribution in [2.24, 2.45) is 5.73 Å². The molecule has 0 radical (unpaired) electrons. The predicted octanol–water partition coefficient (Wildman–Crippen LogP) is 3.16. The number of rotatable bonds is 1. The number of aryl methyl sites for hydroxylation is 1. The Morgan fingerprint density at radius 3 is 2.79 bits per heavy atom. The maximum Gasteiger partial charge on any atom is 0.205 e. The van der Waals surface area contributed by atoms with Gasteiger partial charge in [0.15, 0.2) is 5.75 Å². The van der Waals surface area contributed by atoms with Gasteiger partial charge in [0.2, 0.25) is 5.88 Å². The summed E-state index contributed by atoms with van der Waals surface area (Å²) < 4.78 is 5.81. The van der Waals surface area contributed by atoms with Crippen LogP contribution in [0.15, 0.2) is 60.2 Å². The lowest BCUT2D eigenvalue weighted by Crippen LogP contribution is -2.21. The third-order valence-corrected chi connectivity index (χ3v) is 4.20. The Labute approximate surface area is 139 Å². The minimum atomic E-state index is -0.306. The molecule has 4 rings (SSSR count). The lowest BCUT2D eigenvalue weighted by molar-refractivity contribution is 0.397. The molecule has 5 heteroatoms. The van der Waals surface area contributed by atoms with Crippen LogP contribution in [0.1, 0.15) is 22.7 Å². The van der Waals surface area contributed by atoms with E-state index in [0.29, 0.717) is 11.3 Å². The van der Waals surface area contributed by atoms with Crippen molar-refractivity contribution in [3.05, 3.63) is 77.1 Å². The van der Waals surface area contributed by atoms with Crippen LogP contribution in [0.25, 0.3) is 10.9 Å². The van der Waals surface area contributed by atoms with Crippen LogP contribution in [0.3, 0.4) is 0 Å². The lowest BCUT2D eigenvalue weighted by atomic mass is 9.84. The standard InChI is InChI=1S/C19H14N4O/c1-11-4-5-12-6-7-14-16(13-3-2-8-22-10-13)15(9-20)19(21)24-18(14)17(12)23-11/h2-8,10,16H,21H2,1H3. The maximum absolute atomic E-state index is 9.57. The number of aromatic nitrogens is 2. The first-order valence-corrected chi connectivity index (χ1v) is 7.57. The molecule has 1 atom stereocenters. The average molecular weight is 314 g/mol. The summed E-state index contributed by atoms with van der Waals surface area (Å²) in [4.78, 5) is 8.77. The largest absolute Gasteiger partial charge is 0.438 e. The molecule has 0 saturated carbocycles. The van der Waals surface area contributed by atoms with E-state index in [0.717, 1.165) is 27.7 Å². The van der Waals surface area contributed by atoms with Gasteiger partial charge in [-0.1, -0.05) is 24.3 Å². The molecule has 3 heterocycles. The van der Waals surface area contributed by atoms with E-state index in [9.17, 15) is 5.26 Å². The molecule has 1 aliphatic rings. The van der Waals surface area contributed by atoms with Gasteiger partial charge in [0.05, 0.1) is 5.92 Å². The Morgan fingerprint density at radius 2 is 2.04 bits per heavy atom. The summed E-state index contributed by atoms with van der Waals surface area (Å²) in [6.45, 7) is 1.93. The number of nitrogens with zero attached hydrogens (tertiary/aromatic N) is 3. The van der Waals surface area contributed by atoms with Gasteiger partial charge < -0.3 is 10.5 Å². The molecule has 1 aromatic carbocycles. The highest BCUT2D eigenvalue weighted by atomic mass is 16.5. The van der Waals surface area contributed by atoms with Crippen LogP contribution in [0.4, 0.5) is 0 Å². The fourth-order valence-electron chi connectivity index (χ4n) is 3.09. The molecule has 0 bridgehead atoms. The van der Waals surface area contributed by atoms with Crippen LogP contribution in [0, 0.1) is 18.3 Å². The van der Waals surface area contributed by atoms with Crippen molar-refractivity contribution >= 4 is 10.9 Å². The van der Waals surface area contributed by atoms with Crippen LogP contribution in [0.5, 0.6) is 5.75 Å². The van der Waals surface area contributed by atoms with E-state index in [1.54, 1.807) is 12.4 Å². The number of hydrogen-bond donors (Lipinski definition) is 1. The number of benzene rings is 1. The molecule has 2 aromatic heterocycles. The summed E-state index contributed by atoms with van der Waals surface area (Å²) in [6, 6.07) is 13.9. The normalized spacial score (nSPS) is 16.4. The molecular weight excluding hydrogens is 300 g/mol. The molecule has 3 aromatic rings. The second kappa shape index (κ2) is 5.36. The zero-order valence-electron chi connectivity index (χ0n) is 13.0. The number of fused-ring (bicyclic) bond motifs is 3. The third kappa shape index (κ3) is 2.09. The molecule has 0 aliphatic carbocycles. The summed E-state index contributed by atoms with van der Waals surface area (Å²) >= 11 is 0. The number of pyridine rings is 2. The van der Waals surface area contributed by atoms with E-state index >= 15 is 0 Å². The number of ether oxygens (including phenoxy) is 1. The topological polar surface area (TPSA) is 84.8 Å². The summed E-state index contributed by atoms with van der Waals surface area (Å²) in [5.41, 5.74) is 9.86. The Kier molecular flexibility index (Phi) is 3.17. The highest BCUT2D eigenvalue weighted by Crippen LogP contribution is 2.44. The fraction of sp³-hybridized carbons (Fsp3) is 0.105. The van der Waals surface area contributed by atoms with Gasteiger partial charge >= 0.3 is 0 Å². The first-order valence-electron chi connectivity index (χ1n) is 7.57. The number of nitriles is 1. The zero-order chi connectivity index (χ0) is 16.7. The van der Waals surface area contributed by atoms with Crippen LogP contribution in [-0.2, 0) is 0 Å². The monoisotopic (exact) mass is 314 g/mol. The van der Waals surface area contributed by atoms with Gasteiger partial charge in [-0.15, -0.1) is 0 Å². The Hall–Kier alpha value is -3.39. The van der Waals surface area contributed by atoms with E-state index in [2.05, 4.69) is 16.0 Å². The molecule has 24 heavy (non-hydrogen) atoms. The van der Waals surface area contributed by atoms with Crippen LogP contribution in [-0.4, -0.2) is 9.97 Å². The molecule has 5 nitrogen and oxygen atoms in total. The highest BCUT2D eigenvalue weighted by molar-refractivity contribution is 5.87. The van der Waals surface area contributed by atoms with Crippen molar-refractivity contribution in [1.29, 1.82) is 5.26 Å². The van der Waals surface area contributed by atoms with Gasteiger partial charge in [0.25, 0.3) is 0 Å². The van der Waals surface area contributed by atoms with Gasteiger partial charge in [-0.05, 0) is 24.6 Å². The summed E-state index contributed by atoms with van der Waals surface area (Å²) in [5.74, 6) is 0.426. The highest BCUT2D eigenvalue weighted by Gasteiger charge is 2.32. The zero-order valence-corrected chi connectivity index (χ0v) is 13.0. The molecule has 0 fully saturated rings. The van der Waals surface area contributed by atoms with Crippen molar-refractivity contribution in [2.45, 2.75) is 12.8 Å². The Morgan fingerprint density at radius 1 is 1.21 bits per heavy atom. The summed E-state index contributed by atoms with van der Waals surface area (Å²) in [5, 5.41) is 10.5. The Balaban J connectivity index is 2.03. The molecule has 116 valence electrons.